The Labute approximate surface area is 135 Å². The van der Waals surface area contributed by atoms with Crippen LogP contribution in [0.5, 0.6) is 5.75 Å². The van der Waals surface area contributed by atoms with Gasteiger partial charge in [-0.15, -0.1) is 0 Å². The molecule has 22 heavy (non-hydrogen) atoms. The number of carbonyl (C=O) groups excluding carboxylic acids is 1. The summed E-state index contributed by atoms with van der Waals surface area (Å²) in [7, 11) is 0. The van der Waals surface area contributed by atoms with E-state index >= 15 is 0 Å². The van der Waals surface area contributed by atoms with E-state index in [2.05, 4.69) is 43.5 Å². The lowest BCUT2D eigenvalue weighted by atomic mass is 9.81. The number of phenols is 1. The van der Waals surface area contributed by atoms with Gasteiger partial charge in [0.05, 0.1) is 5.56 Å². The molecule has 1 saturated heterocycles. The maximum Gasteiger partial charge on any atom is 0.275 e. The fourth-order valence-electron chi connectivity index (χ4n) is 3.05. The van der Waals surface area contributed by atoms with Crippen molar-refractivity contribution in [2.45, 2.75) is 51.6 Å². The molecule has 0 spiro atoms. The highest BCUT2D eigenvalue weighted by molar-refractivity contribution is 6.31. The van der Waals surface area contributed by atoms with Crippen LogP contribution in [0.2, 0.25) is 5.02 Å². The lowest BCUT2D eigenvalue weighted by molar-refractivity contribution is 0.0951. The van der Waals surface area contributed by atoms with Crippen molar-refractivity contribution in [1.29, 1.82) is 0 Å². The van der Waals surface area contributed by atoms with Crippen LogP contribution >= 0.6 is 11.6 Å². The van der Waals surface area contributed by atoms with Crippen molar-refractivity contribution < 1.29 is 9.90 Å². The van der Waals surface area contributed by atoms with E-state index in [0.717, 1.165) is 18.6 Å². The van der Waals surface area contributed by atoms with Crippen LogP contribution in [0.4, 0.5) is 0 Å². The number of hydrogen-bond acceptors (Lipinski definition) is 4. The van der Waals surface area contributed by atoms with Crippen LogP contribution in [0.1, 0.15) is 50.9 Å². The summed E-state index contributed by atoms with van der Waals surface area (Å²) in [4.78, 5) is 12.1. The van der Waals surface area contributed by atoms with Gasteiger partial charge in [0.25, 0.3) is 5.91 Å². The quantitative estimate of drug-likeness (QED) is 0.732. The summed E-state index contributed by atoms with van der Waals surface area (Å²) in [6, 6.07) is 4.33. The molecule has 0 bridgehead atoms. The molecule has 0 aliphatic carbocycles. The molecule has 0 saturated carbocycles. The Morgan fingerprint density at radius 1 is 1.27 bits per heavy atom. The zero-order valence-corrected chi connectivity index (χ0v) is 14.1. The molecule has 0 unspecified atom stereocenters. The van der Waals surface area contributed by atoms with Crippen molar-refractivity contribution in [1.82, 2.24) is 10.7 Å². The average Bonchev–Trinajstić information content (AvgIpc) is 2.35. The first-order chi connectivity index (χ1) is 10.1. The van der Waals surface area contributed by atoms with Gasteiger partial charge in [0.2, 0.25) is 0 Å². The van der Waals surface area contributed by atoms with E-state index in [4.69, 9.17) is 11.6 Å². The van der Waals surface area contributed by atoms with Crippen LogP contribution in [-0.4, -0.2) is 27.8 Å². The number of benzene rings is 1. The summed E-state index contributed by atoms with van der Waals surface area (Å²) in [6.07, 6.45) is 1.50. The molecular weight excluding hydrogens is 302 g/mol. The van der Waals surface area contributed by atoms with Gasteiger partial charge in [0.1, 0.15) is 5.75 Å². The first kappa shape index (κ1) is 16.8. The van der Waals surface area contributed by atoms with Gasteiger partial charge in [-0.3, -0.25) is 4.79 Å². The zero-order valence-electron chi connectivity index (χ0n) is 13.3. The topological polar surface area (TPSA) is 73.7 Å². The van der Waals surface area contributed by atoms with Crippen molar-refractivity contribution in [3.05, 3.63) is 28.8 Å². The molecule has 0 aromatic heterocycles. The number of amides is 1. The lowest BCUT2D eigenvalue weighted by Gasteiger charge is -2.43. The molecule has 1 aromatic carbocycles. The number of phenolic OH excluding ortho intramolecular Hbond substituents is 1. The van der Waals surface area contributed by atoms with Crippen molar-refractivity contribution >= 4 is 23.2 Å². The summed E-state index contributed by atoms with van der Waals surface area (Å²) >= 11 is 5.85. The molecule has 120 valence electrons. The van der Waals surface area contributed by atoms with Crippen LogP contribution < -0.4 is 10.7 Å². The summed E-state index contributed by atoms with van der Waals surface area (Å²) < 4.78 is 0. The average molecular weight is 324 g/mol. The standard InChI is InChI=1S/C16H22ClN3O2/c1-15(2)8-11(9-16(3,4)20-15)18-19-14(22)12-7-10(17)5-6-13(12)21/h5-7,20-21H,8-9H2,1-4H3,(H,19,22). The summed E-state index contributed by atoms with van der Waals surface area (Å²) in [5, 5.41) is 17.9. The maximum atomic E-state index is 12.1. The van der Waals surface area contributed by atoms with Crippen molar-refractivity contribution in [3.63, 3.8) is 0 Å². The third-order valence-corrected chi connectivity index (χ3v) is 3.72. The van der Waals surface area contributed by atoms with Gasteiger partial charge in [0.15, 0.2) is 0 Å². The summed E-state index contributed by atoms with van der Waals surface area (Å²) in [5.41, 5.74) is 3.39. The Morgan fingerprint density at radius 2 is 1.86 bits per heavy atom. The lowest BCUT2D eigenvalue weighted by Crippen LogP contribution is -2.58. The number of hydrazone groups is 1. The Hall–Kier alpha value is -1.59. The molecular formula is C16H22ClN3O2. The van der Waals surface area contributed by atoms with Crippen LogP contribution in [0.15, 0.2) is 23.3 Å². The minimum atomic E-state index is -0.471. The largest absolute Gasteiger partial charge is 0.507 e. The van der Waals surface area contributed by atoms with Crippen molar-refractivity contribution in [2.24, 2.45) is 5.10 Å². The molecule has 1 fully saturated rings. The Bertz CT molecular complexity index is 606. The molecule has 1 heterocycles. The van der Waals surface area contributed by atoms with E-state index in [1.165, 1.54) is 18.2 Å². The molecule has 2 rings (SSSR count). The predicted octanol–water partition coefficient (Wildman–Crippen LogP) is 3.07. The van der Waals surface area contributed by atoms with E-state index < -0.39 is 5.91 Å². The van der Waals surface area contributed by atoms with Gasteiger partial charge in [-0.2, -0.15) is 5.10 Å². The van der Waals surface area contributed by atoms with Gasteiger partial charge in [0, 0.05) is 34.7 Å². The summed E-state index contributed by atoms with van der Waals surface area (Å²) in [5.74, 6) is -0.588. The number of piperidine rings is 1. The van der Waals surface area contributed by atoms with Gasteiger partial charge < -0.3 is 10.4 Å². The third kappa shape index (κ3) is 4.21. The predicted molar refractivity (Wildman–Crippen MR) is 88.5 cm³/mol. The normalized spacial score (nSPS) is 19.6. The minimum Gasteiger partial charge on any atom is -0.507 e. The molecule has 6 heteroatoms. The van der Waals surface area contributed by atoms with E-state index in [0.29, 0.717) is 5.02 Å². The Kier molecular flexibility index (Phi) is 4.49. The van der Waals surface area contributed by atoms with Gasteiger partial charge in [-0.1, -0.05) is 11.6 Å². The third-order valence-electron chi connectivity index (χ3n) is 3.49. The van der Waals surface area contributed by atoms with E-state index in [1.54, 1.807) is 0 Å². The van der Waals surface area contributed by atoms with Crippen LogP contribution in [0.3, 0.4) is 0 Å². The fraction of sp³-hybridized carbons (Fsp3) is 0.500. The molecule has 1 aromatic rings. The van der Waals surface area contributed by atoms with E-state index in [-0.39, 0.29) is 22.4 Å². The van der Waals surface area contributed by atoms with Crippen molar-refractivity contribution in [2.75, 3.05) is 0 Å². The molecule has 5 nitrogen and oxygen atoms in total. The molecule has 1 aliphatic rings. The Morgan fingerprint density at radius 3 is 2.45 bits per heavy atom. The number of aromatic hydroxyl groups is 1. The number of carbonyl (C=O) groups is 1. The number of halogens is 1. The minimum absolute atomic E-state index is 0.0799. The fourth-order valence-corrected chi connectivity index (χ4v) is 3.22. The number of rotatable bonds is 2. The molecule has 3 N–H and O–H groups in total. The monoisotopic (exact) mass is 323 g/mol. The first-order valence-electron chi connectivity index (χ1n) is 7.22. The van der Waals surface area contributed by atoms with Crippen LogP contribution in [0, 0.1) is 0 Å². The van der Waals surface area contributed by atoms with E-state index in [9.17, 15) is 9.90 Å². The molecule has 1 amide bonds. The number of nitrogens with zero attached hydrogens (tertiary/aromatic N) is 1. The summed E-state index contributed by atoms with van der Waals surface area (Å²) in [6.45, 7) is 8.42. The number of hydrogen-bond donors (Lipinski definition) is 3. The second-order valence-electron chi connectivity index (χ2n) is 7.03. The van der Waals surface area contributed by atoms with Crippen molar-refractivity contribution in [3.8, 4) is 5.75 Å². The highest BCUT2D eigenvalue weighted by Gasteiger charge is 2.35. The molecule has 0 atom stereocenters. The second kappa shape index (κ2) is 5.89. The van der Waals surface area contributed by atoms with Gasteiger partial charge in [-0.05, 0) is 45.9 Å². The molecule has 0 radical (unpaired) electrons. The van der Waals surface area contributed by atoms with Crippen LogP contribution in [0.25, 0.3) is 0 Å². The SMILES string of the molecule is CC1(C)CC(=NNC(=O)c2cc(Cl)ccc2O)CC(C)(C)N1. The van der Waals surface area contributed by atoms with Crippen LogP contribution in [-0.2, 0) is 0 Å². The number of nitrogens with one attached hydrogen (secondary N) is 2. The zero-order chi connectivity index (χ0) is 16.5. The maximum absolute atomic E-state index is 12.1. The Balaban J connectivity index is 2.14. The highest BCUT2D eigenvalue weighted by Crippen LogP contribution is 2.26. The van der Waals surface area contributed by atoms with E-state index in [1.807, 2.05) is 0 Å². The van der Waals surface area contributed by atoms with Gasteiger partial charge >= 0.3 is 0 Å². The smallest absolute Gasteiger partial charge is 0.275 e. The van der Waals surface area contributed by atoms with Gasteiger partial charge in [-0.25, -0.2) is 5.43 Å². The first-order valence-corrected chi connectivity index (χ1v) is 7.59. The highest BCUT2D eigenvalue weighted by atomic mass is 35.5. The molecule has 1 aliphatic heterocycles. The second-order valence-corrected chi connectivity index (χ2v) is 7.46.